The molecule has 0 atom stereocenters. The number of benzene rings is 3. The Kier molecular flexibility index (Phi) is 6.35. The summed E-state index contributed by atoms with van der Waals surface area (Å²) in [4.78, 5) is 24.7. The van der Waals surface area contributed by atoms with Gasteiger partial charge in [-0.25, -0.2) is 12.8 Å². The highest BCUT2D eigenvalue weighted by Gasteiger charge is 2.30. The van der Waals surface area contributed by atoms with Crippen LogP contribution in [0.2, 0.25) is 5.02 Å². The maximum absolute atomic E-state index is 13.4. The fourth-order valence-corrected chi connectivity index (χ4v) is 5.34. The fourth-order valence-electron chi connectivity index (χ4n) is 3.57. The molecule has 0 aromatic heterocycles. The predicted octanol–water partition coefficient (Wildman–Crippen LogP) is 3.70. The van der Waals surface area contributed by atoms with E-state index in [1.165, 1.54) is 34.6 Å². The maximum Gasteiger partial charge on any atom is 0.271 e. The Morgan fingerprint density at radius 2 is 1.64 bits per heavy atom. The number of hydrogen-bond acceptors (Lipinski definition) is 4. The van der Waals surface area contributed by atoms with Crippen molar-refractivity contribution < 1.29 is 22.4 Å². The predicted molar refractivity (Wildman–Crippen MR) is 122 cm³/mol. The van der Waals surface area contributed by atoms with Crippen molar-refractivity contribution in [2.45, 2.75) is 17.7 Å². The molecular formula is C23H19ClFN3O4S. The van der Waals surface area contributed by atoms with Crippen LogP contribution < -0.4 is 15.2 Å². The SMILES string of the molecule is O=C(NNC(=O)c1cc(S(=O)(=O)N2CCCc3ccccc32)ccc1Cl)c1ccc(F)cc1. The Morgan fingerprint density at radius 3 is 2.39 bits per heavy atom. The minimum absolute atomic E-state index is 0.0153. The van der Waals surface area contributed by atoms with Gasteiger partial charge in [0, 0.05) is 12.1 Å². The molecule has 0 aliphatic carbocycles. The zero-order valence-corrected chi connectivity index (χ0v) is 18.8. The number of para-hydroxylation sites is 1. The van der Waals surface area contributed by atoms with Crippen molar-refractivity contribution in [3.05, 3.63) is 94.3 Å². The molecule has 170 valence electrons. The number of halogens is 2. The number of aryl methyl sites for hydroxylation is 1. The van der Waals surface area contributed by atoms with Crippen LogP contribution in [0.15, 0.2) is 71.6 Å². The van der Waals surface area contributed by atoms with Gasteiger partial charge in [0.05, 0.1) is 21.2 Å². The number of hydrogen-bond donors (Lipinski definition) is 2. The third-order valence-corrected chi connectivity index (χ3v) is 7.37. The number of sulfonamides is 1. The Labute approximate surface area is 195 Å². The molecule has 3 aromatic carbocycles. The van der Waals surface area contributed by atoms with Crippen molar-refractivity contribution in [2.24, 2.45) is 0 Å². The molecule has 0 spiro atoms. The highest BCUT2D eigenvalue weighted by atomic mass is 35.5. The van der Waals surface area contributed by atoms with Crippen molar-refractivity contribution in [3.8, 4) is 0 Å². The summed E-state index contributed by atoms with van der Waals surface area (Å²) in [6.07, 6.45) is 1.46. The zero-order valence-electron chi connectivity index (χ0n) is 17.2. The number of hydrazine groups is 1. The highest BCUT2D eigenvalue weighted by Crippen LogP contribution is 2.32. The Bertz CT molecular complexity index is 1330. The van der Waals surface area contributed by atoms with E-state index in [2.05, 4.69) is 10.9 Å². The molecule has 1 heterocycles. The fraction of sp³-hybridized carbons (Fsp3) is 0.130. The van der Waals surface area contributed by atoms with E-state index in [4.69, 9.17) is 11.6 Å². The molecule has 4 rings (SSSR count). The highest BCUT2D eigenvalue weighted by molar-refractivity contribution is 7.92. The summed E-state index contributed by atoms with van der Waals surface area (Å²) < 4.78 is 41.1. The van der Waals surface area contributed by atoms with E-state index in [1.807, 2.05) is 12.1 Å². The van der Waals surface area contributed by atoms with E-state index < -0.39 is 27.7 Å². The molecule has 0 fully saturated rings. The molecule has 1 aliphatic heterocycles. The molecule has 0 saturated carbocycles. The van der Waals surface area contributed by atoms with Crippen LogP contribution in [-0.4, -0.2) is 26.8 Å². The minimum Gasteiger partial charge on any atom is -0.267 e. The van der Waals surface area contributed by atoms with Crippen LogP contribution in [0.1, 0.15) is 32.7 Å². The average Bonchev–Trinajstić information content (AvgIpc) is 2.82. The molecule has 1 aliphatic rings. The van der Waals surface area contributed by atoms with Crippen LogP contribution in [0.5, 0.6) is 0 Å². The number of carbonyl (C=O) groups excluding carboxylic acids is 2. The largest absolute Gasteiger partial charge is 0.271 e. The second-order valence-electron chi connectivity index (χ2n) is 7.37. The zero-order chi connectivity index (χ0) is 23.6. The molecule has 2 N–H and O–H groups in total. The summed E-state index contributed by atoms with van der Waals surface area (Å²) in [7, 11) is -3.95. The van der Waals surface area contributed by atoms with E-state index in [9.17, 15) is 22.4 Å². The molecule has 0 bridgehead atoms. The number of nitrogens with zero attached hydrogens (tertiary/aromatic N) is 1. The van der Waals surface area contributed by atoms with Crippen LogP contribution in [-0.2, 0) is 16.4 Å². The summed E-state index contributed by atoms with van der Waals surface area (Å²) in [5.41, 5.74) is 5.95. The summed E-state index contributed by atoms with van der Waals surface area (Å²) in [6.45, 7) is 0.317. The van der Waals surface area contributed by atoms with Crippen molar-refractivity contribution in [1.82, 2.24) is 10.9 Å². The first-order valence-electron chi connectivity index (χ1n) is 10.0. The standard InChI is InChI=1S/C23H19ClFN3O4S/c24-20-12-11-18(33(31,32)28-13-3-5-15-4-1-2-6-21(15)28)14-19(20)23(30)27-26-22(29)16-7-9-17(25)10-8-16/h1-2,4,6-12,14H,3,5,13H2,(H,26,29)(H,27,30). The van der Waals surface area contributed by atoms with Gasteiger partial charge in [0.1, 0.15) is 5.82 Å². The lowest BCUT2D eigenvalue weighted by Gasteiger charge is -2.30. The van der Waals surface area contributed by atoms with Crippen LogP contribution in [0.25, 0.3) is 0 Å². The van der Waals surface area contributed by atoms with Gasteiger partial charge in [-0.15, -0.1) is 0 Å². The number of carbonyl (C=O) groups is 2. The van der Waals surface area contributed by atoms with Gasteiger partial charge in [0.25, 0.3) is 21.8 Å². The average molecular weight is 488 g/mol. The van der Waals surface area contributed by atoms with Gasteiger partial charge in [-0.05, 0) is 66.9 Å². The lowest BCUT2D eigenvalue weighted by Crippen LogP contribution is -2.42. The molecule has 2 amide bonds. The van der Waals surface area contributed by atoms with Crippen molar-refractivity contribution in [1.29, 1.82) is 0 Å². The van der Waals surface area contributed by atoms with Crippen LogP contribution in [0.3, 0.4) is 0 Å². The van der Waals surface area contributed by atoms with E-state index >= 15 is 0 Å². The van der Waals surface area contributed by atoms with E-state index in [0.29, 0.717) is 18.7 Å². The Balaban J connectivity index is 1.56. The molecular weight excluding hydrogens is 469 g/mol. The normalized spacial score (nSPS) is 13.2. The third-order valence-electron chi connectivity index (χ3n) is 5.23. The first-order chi connectivity index (χ1) is 15.8. The first-order valence-corrected chi connectivity index (χ1v) is 11.9. The van der Waals surface area contributed by atoms with Gasteiger partial charge in [-0.3, -0.25) is 24.7 Å². The van der Waals surface area contributed by atoms with E-state index in [-0.39, 0.29) is 21.0 Å². The number of rotatable bonds is 4. The molecule has 0 unspecified atom stereocenters. The first kappa shape index (κ1) is 22.8. The molecule has 0 radical (unpaired) electrons. The van der Waals surface area contributed by atoms with Gasteiger partial charge in [-0.2, -0.15) is 0 Å². The summed E-state index contributed by atoms with van der Waals surface area (Å²) in [5.74, 6) is -1.98. The number of fused-ring (bicyclic) bond motifs is 1. The summed E-state index contributed by atoms with van der Waals surface area (Å²) in [5, 5.41) is 0.0153. The Morgan fingerprint density at radius 1 is 0.939 bits per heavy atom. The van der Waals surface area contributed by atoms with Crippen LogP contribution in [0.4, 0.5) is 10.1 Å². The van der Waals surface area contributed by atoms with Gasteiger partial charge in [0.15, 0.2) is 0 Å². The lowest BCUT2D eigenvalue weighted by molar-refractivity contribution is 0.0846. The minimum atomic E-state index is -3.95. The van der Waals surface area contributed by atoms with E-state index in [0.717, 1.165) is 24.1 Å². The van der Waals surface area contributed by atoms with Crippen molar-refractivity contribution in [2.75, 3.05) is 10.8 Å². The molecule has 10 heteroatoms. The molecule has 33 heavy (non-hydrogen) atoms. The van der Waals surface area contributed by atoms with Crippen LogP contribution >= 0.6 is 11.6 Å². The molecule has 3 aromatic rings. The maximum atomic E-state index is 13.4. The smallest absolute Gasteiger partial charge is 0.267 e. The number of nitrogens with one attached hydrogen (secondary N) is 2. The molecule has 7 nitrogen and oxygen atoms in total. The van der Waals surface area contributed by atoms with Gasteiger partial charge >= 0.3 is 0 Å². The third kappa shape index (κ3) is 4.69. The summed E-state index contributed by atoms with van der Waals surface area (Å²) >= 11 is 6.13. The second-order valence-corrected chi connectivity index (χ2v) is 9.64. The van der Waals surface area contributed by atoms with Gasteiger partial charge < -0.3 is 0 Å². The van der Waals surface area contributed by atoms with Crippen LogP contribution in [0, 0.1) is 5.82 Å². The van der Waals surface area contributed by atoms with Crippen molar-refractivity contribution >= 4 is 39.1 Å². The second kappa shape index (κ2) is 9.21. The number of amides is 2. The topological polar surface area (TPSA) is 95.6 Å². The Hall–Kier alpha value is -3.43. The van der Waals surface area contributed by atoms with E-state index in [1.54, 1.807) is 12.1 Å². The van der Waals surface area contributed by atoms with Gasteiger partial charge in [-0.1, -0.05) is 29.8 Å². The number of anilines is 1. The lowest BCUT2D eigenvalue weighted by atomic mass is 10.0. The van der Waals surface area contributed by atoms with Gasteiger partial charge in [0.2, 0.25) is 0 Å². The summed E-state index contributed by atoms with van der Waals surface area (Å²) in [6, 6.07) is 15.8. The van der Waals surface area contributed by atoms with Crippen molar-refractivity contribution in [3.63, 3.8) is 0 Å². The monoisotopic (exact) mass is 487 g/mol. The molecule has 0 saturated heterocycles. The quantitative estimate of drug-likeness (QED) is 0.548.